The lowest BCUT2D eigenvalue weighted by atomic mass is 10.1. The van der Waals surface area contributed by atoms with E-state index in [0.29, 0.717) is 5.56 Å². The van der Waals surface area contributed by atoms with Crippen LogP contribution in [0.15, 0.2) is 30.3 Å². The molecule has 1 aromatic carbocycles. The fourth-order valence-electron chi connectivity index (χ4n) is 1.20. The first-order valence-corrected chi connectivity index (χ1v) is 4.24. The maximum atomic E-state index is 10.4. The Labute approximate surface area is 81.8 Å². The Bertz CT molecular complexity index is 294. The molecule has 0 aliphatic heterocycles. The van der Waals surface area contributed by atoms with Crippen molar-refractivity contribution in [2.24, 2.45) is 0 Å². The van der Waals surface area contributed by atoms with Crippen LogP contribution in [-0.2, 0) is 4.74 Å². The Morgan fingerprint density at radius 1 is 1.36 bits per heavy atom. The zero-order chi connectivity index (χ0) is 10.6. The molecule has 2 unspecified atom stereocenters. The number of hydrogen-bond donors (Lipinski definition) is 2. The molecule has 0 amide bonds. The molecule has 0 spiro atoms. The molecule has 76 valence electrons. The zero-order valence-electron chi connectivity index (χ0n) is 7.75. The van der Waals surface area contributed by atoms with Gasteiger partial charge in [-0.05, 0) is 12.5 Å². The average molecular weight is 196 g/mol. The van der Waals surface area contributed by atoms with E-state index >= 15 is 0 Å². The second-order valence-electron chi connectivity index (χ2n) is 2.96. The first-order chi connectivity index (χ1) is 6.61. The molecule has 0 aliphatic carbocycles. The van der Waals surface area contributed by atoms with Crippen molar-refractivity contribution in [3.05, 3.63) is 35.9 Å². The summed E-state index contributed by atoms with van der Waals surface area (Å²) in [5, 5.41) is 17.8. The summed E-state index contributed by atoms with van der Waals surface area (Å²) in [6.45, 7) is 1.49. The molecule has 4 heteroatoms. The van der Waals surface area contributed by atoms with E-state index in [1.165, 1.54) is 6.92 Å². The van der Waals surface area contributed by atoms with Crippen LogP contribution in [0, 0.1) is 0 Å². The smallest absolute Gasteiger partial charge is 0.450 e. The molecule has 0 saturated heterocycles. The number of carbonyl (C=O) groups is 1. The number of aliphatic hydroxyl groups excluding tert-OH is 1. The van der Waals surface area contributed by atoms with Crippen molar-refractivity contribution in [3.8, 4) is 0 Å². The van der Waals surface area contributed by atoms with Crippen molar-refractivity contribution in [1.82, 2.24) is 0 Å². The molecule has 1 rings (SSSR count). The Hall–Kier alpha value is -1.55. The molecule has 0 bridgehead atoms. The summed E-state index contributed by atoms with van der Waals surface area (Å²) in [6.07, 6.45) is -3.08. The summed E-state index contributed by atoms with van der Waals surface area (Å²) < 4.78 is 4.56. The monoisotopic (exact) mass is 196 g/mol. The second-order valence-corrected chi connectivity index (χ2v) is 2.96. The lowest BCUT2D eigenvalue weighted by Gasteiger charge is -2.18. The van der Waals surface area contributed by atoms with Gasteiger partial charge in [0.15, 0.2) is 6.10 Å². The Balaban J connectivity index is 2.83. The van der Waals surface area contributed by atoms with Gasteiger partial charge < -0.3 is 14.9 Å². The summed E-state index contributed by atoms with van der Waals surface area (Å²) in [5.41, 5.74) is 0.643. The van der Waals surface area contributed by atoms with Crippen LogP contribution in [0.25, 0.3) is 0 Å². The molecule has 0 heterocycles. The lowest BCUT2D eigenvalue weighted by molar-refractivity contribution is -0.0127. The Kier molecular flexibility index (Phi) is 3.48. The van der Waals surface area contributed by atoms with Crippen LogP contribution in [0.5, 0.6) is 0 Å². The molecular formula is C10H12O4. The fraction of sp³-hybridized carbons (Fsp3) is 0.300. The van der Waals surface area contributed by atoms with Crippen LogP contribution in [0.2, 0.25) is 0 Å². The van der Waals surface area contributed by atoms with Gasteiger partial charge in [-0.15, -0.1) is 0 Å². The highest BCUT2D eigenvalue weighted by atomic mass is 16.7. The first kappa shape index (κ1) is 10.5. The van der Waals surface area contributed by atoms with Crippen molar-refractivity contribution >= 4 is 6.16 Å². The number of aliphatic hydroxyl groups is 1. The van der Waals surface area contributed by atoms with E-state index in [2.05, 4.69) is 4.74 Å². The highest BCUT2D eigenvalue weighted by Crippen LogP contribution is 2.20. The van der Waals surface area contributed by atoms with E-state index in [0.717, 1.165) is 0 Å². The van der Waals surface area contributed by atoms with Gasteiger partial charge in [-0.25, -0.2) is 4.79 Å². The summed E-state index contributed by atoms with van der Waals surface area (Å²) in [4.78, 5) is 10.4. The summed E-state index contributed by atoms with van der Waals surface area (Å²) in [6, 6.07) is 8.75. The predicted molar refractivity (Wildman–Crippen MR) is 50.0 cm³/mol. The molecular weight excluding hydrogens is 184 g/mol. The van der Waals surface area contributed by atoms with Crippen LogP contribution in [0.1, 0.15) is 18.6 Å². The highest BCUT2D eigenvalue weighted by molar-refractivity contribution is 5.57. The van der Waals surface area contributed by atoms with Gasteiger partial charge in [0.05, 0.1) is 6.10 Å². The summed E-state index contributed by atoms with van der Waals surface area (Å²) >= 11 is 0. The van der Waals surface area contributed by atoms with Crippen LogP contribution in [0.4, 0.5) is 4.79 Å². The maximum absolute atomic E-state index is 10.4. The molecule has 0 fully saturated rings. The number of ether oxygens (including phenoxy) is 1. The Morgan fingerprint density at radius 2 is 1.93 bits per heavy atom. The molecule has 2 atom stereocenters. The van der Waals surface area contributed by atoms with Gasteiger partial charge in [-0.3, -0.25) is 0 Å². The second kappa shape index (κ2) is 4.62. The SMILES string of the molecule is CC(O)C(OC(=O)O)c1ccccc1. The third-order valence-corrected chi connectivity index (χ3v) is 1.79. The van der Waals surface area contributed by atoms with E-state index in [-0.39, 0.29) is 0 Å². The standard InChI is InChI=1S/C10H12O4/c1-7(11)9(14-10(12)13)8-5-3-2-4-6-8/h2-7,9,11H,1H3,(H,12,13). The van der Waals surface area contributed by atoms with Gasteiger partial charge in [0.2, 0.25) is 0 Å². The lowest BCUT2D eigenvalue weighted by Crippen LogP contribution is -2.20. The summed E-state index contributed by atoms with van der Waals surface area (Å²) in [5.74, 6) is 0. The normalized spacial score (nSPS) is 14.4. The topological polar surface area (TPSA) is 66.8 Å². The van der Waals surface area contributed by atoms with Crippen LogP contribution in [0.3, 0.4) is 0 Å². The average Bonchev–Trinajstić information content (AvgIpc) is 2.15. The highest BCUT2D eigenvalue weighted by Gasteiger charge is 2.20. The van der Waals surface area contributed by atoms with Gasteiger partial charge in [-0.2, -0.15) is 0 Å². The van der Waals surface area contributed by atoms with E-state index in [1.807, 2.05) is 6.07 Å². The van der Waals surface area contributed by atoms with Crippen molar-refractivity contribution in [1.29, 1.82) is 0 Å². The number of rotatable bonds is 3. The van der Waals surface area contributed by atoms with Gasteiger partial charge in [0.25, 0.3) is 0 Å². The molecule has 0 saturated carbocycles. The molecule has 14 heavy (non-hydrogen) atoms. The molecule has 2 N–H and O–H groups in total. The molecule has 0 radical (unpaired) electrons. The largest absolute Gasteiger partial charge is 0.506 e. The minimum atomic E-state index is -1.39. The van der Waals surface area contributed by atoms with Crippen molar-refractivity contribution < 1.29 is 19.7 Å². The van der Waals surface area contributed by atoms with Crippen molar-refractivity contribution in [3.63, 3.8) is 0 Å². The van der Waals surface area contributed by atoms with Gasteiger partial charge in [-0.1, -0.05) is 30.3 Å². The predicted octanol–water partition coefficient (Wildman–Crippen LogP) is 1.80. The van der Waals surface area contributed by atoms with Gasteiger partial charge in [0.1, 0.15) is 0 Å². The van der Waals surface area contributed by atoms with Gasteiger partial charge in [0, 0.05) is 0 Å². The Morgan fingerprint density at radius 3 is 2.36 bits per heavy atom. The maximum Gasteiger partial charge on any atom is 0.506 e. The third kappa shape index (κ3) is 2.74. The quantitative estimate of drug-likeness (QED) is 0.723. The van der Waals surface area contributed by atoms with E-state index in [9.17, 15) is 9.90 Å². The van der Waals surface area contributed by atoms with E-state index < -0.39 is 18.4 Å². The molecule has 4 nitrogen and oxygen atoms in total. The van der Waals surface area contributed by atoms with Crippen molar-refractivity contribution in [2.75, 3.05) is 0 Å². The molecule has 1 aromatic rings. The minimum Gasteiger partial charge on any atom is -0.450 e. The number of carboxylic acid groups (broad SMARTS) is 1. The van der Waals surface area contributed by atoms with Crippen LogP contribution >= 0.6 is 0 Å². The van der Waals surface area contributed by atoms with Crippen LogP contribution in [-0.4, -0.2) is 22.5 Å². The zero-order valence-corrected chi connectivity index (χ0v) is 7.75. The van der Waals surface area contributed by atoms with Gasteiger partial charge >= 0.3 is 6.16 Å². The minimum absolute atomic E-state index is 0.643. The van der Waals surface area contributed by atoms with Crippen LogP contribution < -0.4 is 0 Å². The summed E-state index contributed by atoms with van der Waals surface area (Å²) in [7, 11) is 0. The van der Waals surface area contributed by atoms with E-state index in [4.69, 9.17) is 5.11 Å². The first-order valence-electron chi connectivity index (χ1n) is 4.24. The third-order valence-electron chi connectivity index (χ3n) is 1.79. The fourth-order valence-corrected chi connectivity index (χ4v) is 1.20. The number of hydrogen-bond acceptors (Lipinski definition) is 3. The molecule has 0 aromatic heterocycles. The van der Waals surface area contributed by atoms with Crippen molar-refractivity contribution in [2.45, 2.75) is 19.1 Å². The van der Waals surface area contributed by atoms with E-state index in [1.54, 1.807) is 24.3 Å². The number of benzene rings is 1. The molecule has 0 aliphatic rings.